The molecule has 2 aromatic carbocycles. The minimum atomic E-state index is -0.977. The van der Waals surface area contributed by atoms with Crippen LogP contribution in [-0.2, 0) is 10.4 Å². The molecular formula is C24H31ClN2O2. The van der Waals surface area contributed by atoms with Crippen molar-refractivity contribution in [3.63, 3.8) is 0 Å². The first-order chi connectivity index (χ1) is 13.9. The number of halogens is 1. The molecule has 0 aromatic heterocycles. The number of carbonyl (C=O) groups is 1. The zero-order valence-corrected chi connectivity index (χ0v) is 18.1. The van der Waals surface area contributed by atoms with Crippen molar-refractivity contribution >= 4 is 17.5 Å². The van der Waals surface area contributed by atoms with E-state index < -0.39 is 5.60 Å². The van der Waals surface area contributed by atoms with Crippen LogP contribution in [0.25, 0.3) is 11.1 Å². The van der Waals surface area contributed by atoms with Crippen LogP contribution in [-0.4, -0.2) is 30.6 Å². The highest BCUT2D eigenvalue weighted by atomic mass is 35.5. The Bertz CT molecular complexity index is 849. The Morgan fingerprint density at radius 2 is 2.10 bits per heavy atom. The Kier molecular flexibility index (Phi) is 7.33. The molecule has 2 unspecified atom stereocenters. The summed E-state index contributed by atoms with van der Waals surface area (Å²) in [6.07, 6.45) is 3.34. The molecule has 1 aliphatic rings. The monoisotopic (exact) mass is 414 g/mol. The quantitative estimate of drug-likeness (QED) is 0.588. The highest BCUT2D eigenvalue weighted by molar-refractivity contribution is 6.30. The first-order valence-corrected chi connectivity index (χ1v) is 10.8. The molecular weight excluding hydrogens is 384 g/mol. The van der Waals surface area contributed by atoms with Crippen molar-refractivity contribution in [3.05, 3.63) is 58.6 Å². The van der Waals surface area contributed by atoms with E-state index in [1.54, 1.807) is 0 Å². The molecule has 2 atom stereocenters. The highest BCUT2D eigenvalue weighted by Crippen LogP contribution is 2.43. The molecule has 5 heteroatoms. The van der Waals surface area contributed by atoms with Crippen molar-refractivity contribution in [2.45, 2.75) is 45.1 Å². The third kappa shape index (κ3) is 5.19. The van der Waals surface area contributed by atoms with Crippen LogP contribution in [0.4, 0.5) is 0 Å². The number of hydrogen-bond acceptors (Lipinski definition) is 3. The number of carbonyl (C=O) groups excluding carboxylic acids is 1. The summed E-state index contributed by atoms with van der Waals surface area (Å²) in [6, 6.07) is 14.0. The second-order valence-electron chi connectivity index (χ2n) is 8.06. The molecule has 0 radical (unpaired) electrons. The molecule has 1 fully saturated rings. The number of amides is 1. The molecule has 3 rings (SSSR count). The van der Waals surface area contributed by atoms with E-state index in [4.69, 9.17) is 11.6 Å². The number of benzene rings is 2. The lowest BCUT2D eigenvalue weighted by Crippen LogP contribution is -2.45. The first-order valence-electron chi connectivity index (χ1n) is 10.5. The van der Waals surface area contributed by atoms with Gasteiger partial charge >= 0.3 is 0 Å². The van der Waals surface area contributed by atoms with Crippen molar-refractivity contribution in [2.75, 3.05) is 19.6 Å². The summed E-state index contributed by atoms with van der Waals surface area (Å²) < 4.78 is 0. The van der Waals surface area contributed by atoms with Gasteiger partial charge in [0.05, 0.1) is 5.60 Å². The number of rotatable bonds is 7. The van der Waals surface area contributed by atoms with Crippen molar-refractivity contribution in [1.82, 2.24) is 10.6 Å². The van der Waals surface area contributed by atoms with E-state index in [1.165, 1.54) is 6.92 Å². The maximum absolute atomic E-state index is 12.1. The summed E-state index contributed by atoms with van der Waals surface area (Å²) in [7, 11) is 0. The second kappa shape index (κ2) is 9.75. The van der Waals surface area contributed by atoms with Crippen molar-refractivity contribution < 1.29 is 9.90 Å². The van der Waals surface area contributed by atoms with Gasteiger partial charge in [-0.2, -0.15) is 0 Å². The lowest BCUT2D eigenvalue weighted by Gasteiger charge is -2.41. The van der Waals surface area contributed by atoms with Gasteiger partial charge in [0.2, 0.25) is 5.91 Å². The van der Waals surface area contributed by atoms with E-state index in [1.807, 2.05) is 24.3 Å². The summed E-state index contributed by atoms with van der Waals surface area (Å²) in [5, 5.41) is 19.1. The highest BCUT2D eigenvalue weighted by Gasteiger charge is 2.40. The van der Waals surface area contributed by atoms with Gasteiger partial charge in [-0.25, -0.2) is 0 Å². The van der Waals surface area contributed by atoms with Crippen molar-refractivity contribution in [1.29, 1.82) is 0 Å². The normalized spacial score (nSPS) is 18.8. The van der Waals surface area contributed by atoms with Gasteiger partial charge in [0.1, 0.15) is 0 Å². The lowest BCUT2D eigenvalue weighted by molar-refractivity contribution is -0.119. The van der Waals surface area contributed by atoms with Crippen molar-refractivity contribution in [3.8, 4) is 11.1 Å². The molecule has 29 heavy (non-hydrogen) atoms. The zero-order chi connectivity index (χ0) is 20.9. The number of hydrogen-bond donors (Lipinski definition) is 3. The summed E-state index contributed by atoms with van der Waals surface area (Å²) in [4.78, 5) is 11.3. The van der Waals surface area contributed by atoms with Gasteiger partial charge in [-0.05, 0) is 73.5 Å². The summed E-state index contributed by atoms with van der Waals surface area (Å²) >= 11 is 6.28. The molecule has 1 amide bonds. The van der Waals surface area contributed by atoms with Gasteiger partial charge in [0, 0.05) is 31.0 Å². The molecule has 3 N–H and O–H groups in total. The Hall–Kier alpha value is -1.88. The largest absolute Gasteiger partial charge is 0.385 e. The van der Waals surface area contributed by atoms with E-state index >= 15 is 0 Å². The molecule has 0 aliphatic carbocycles. The minimum Gasteiger partial charge on any atom is -0.385 e. The maximum Gasteiger partial charge on any atom is 0.216 e. The topological polar surface area (TPSA) is 61.4 Å². The van der Waals surface area contributed by atoms with Gasteiger partial charge < -0.3 is 15.7 Å². The summed E-state index contributed by atoms with van der Waals surface area (Å²) in [5.74, 6) is 0.0800. The Balaban J connectivity index is 2.03. The molecule has 1 aliphatic heterocycles. The van der Waals surface area contributed by atoms with E-state index in [0.717, 1.165) is 54.6 Å². The van der Waals surface area contributed by atoms with E-state index in [-0.39, 0.29) is 11.8 Å². The SMILES string of the molecule is CC(=O)NCCCC(O)(c1cccc(C)c1-c1cccc(Cl)c1)C1CCCNC1. The smallest absolute Gasteiger partial charge is 0.216 e. The van der Waals surface area contributed by atoms with Gasteiger partial charge in [-0.3, -0.25) is 4.79 Å². The van der Waals surface area contributed by atoms with Crippen LogP contribution in [0.2, 0.25) is 5.02 Å². The van der Waals surface area contributed by atoms with Crippen LogP contribution in [0.5, 0.6) is 0 Å². The summed E-state index contributed by atoms with van der Waals surface area (Å²) in [6.45, 7) is 5.95. The Morgan fingerprint density at radius 1 is 1.31 bits per heavy atom. The zero-order valence-electron chi connectivity index (χ0n) is 17.3. The third-order valence-corrected chi connectivity index (χ3v) is 6.17. The van der Waals surface area contributed by atoms with E-state index in [0.29, 0.717) is 18.0 Å². The molecule has 0 saturated carbocycles. The van der Waals surface area contributed by atoms with Crippen LogP contribution in [0.1, 0.15) is 43.7 Å². The fraction of sp³-hybridized carbons (Fsp3) is 0.458. The van der Waals surface area contributed by atoms with Gasteiger partial charge in [0.25, 0.3) is 0 Å². The Morgan fingerprint density at radius 3 is 2.79 bits per heavy atom. The van der Waals surface area contributed by atoms with Crippen molar-refractivity contribution in [2.24, 2.45) is 5.92 Å². The predicted octanol–water partition coefficient (Wildman–Crippen LogP) is 4.42. The van der Waals surface area contributed by atoms with Crippen LogP contribution in [0, 0.1) is 12.8 Å². The molecule has 156 valence electrons. The molecule has 0 spiro atoms. The van der Waals surface area contributed by atoms with Crippen LogP contribution in [0.3, 0.4) is 0 Å². The second-order valence-corrected chi connectivity index (χ2v) is 8.50. The standard InChI is InChI=1S/C24H31ClN2O2/c1-17-7-3-11-22(23(17)19-8-4-10-21(25)15-19)24(29,12-6-14-27-18(2)28)20-9-5-13-26-16-20/h3-4,7-8,10-11,15,20,26,29H,5-6,9,12-14,16H2,1-2H3,(H,27,28). The molecule has 1 saturated heterocycles. The van der Waals surface area contributed by atoms with Crippen LogP contribution in [0.15, 0.2) is 42.5 Å². The number of nitrogens with one attached hydrogen (secondary N) is 2. The fourth-order valence-corrected chi connectivity index (χ4v) is 4.69. The summed E-state index contributed by atoms with van der Waals surface area (Å²) in [5.41, 5.74) is 3.18. The fourth-order valence-electron chi connectivity index (χ4n) is 4.50. The number of aliphatic hydroxyl groups is 1. The van der Waals surface area contributed by atoms with Crippen LogP contribution >= 0.6 is 11.6 Å². The average Bonchev–Trinajstić information content (AvgIpc) is 2.71. The van der Waals surface area contributed by atoms with Gasteiger partial charge in [-0.15, -0.1) is 0 Å². The average molecular weight is 415 g/mol. The lowest BCUT2D eigenvalue weighted by atomic mass is 9.72. The minimum absolute atomic E-state index is 0.0388. The molecule has 0 bridgehead atoms. The molecule has 1 heterocycles. The van der Waals surface area contributed by atoms with E-state index in [9.17, 15) is 9.90 Å². The van der Waals surface area contributed by atoms with Crippen LogP contribution < -0.4 is 10.6 Å². The number of aryl methyl sites for hydroxylation is 1. The van der Waals surface area contributed by atoms with E-state index in [2.05, 4.69) is 35.8 Å². The third-order valence-electron chi connectivity index (χ3n) is 5.93. The predicted molar refractivity (Wildman–Crippen MR) is 119 cm³/mol. The number of piperidine rings is 1. The Labute approximate surface area is 178 Å². The molecule has 2 aromatic rings. The van der Waals surface area contributed by atoms with Gasteiger partial charge in [0.15, 0.2) is 0 Å². The first kappa shape index (κ1) is 21.8. The maximum atomic E-state index is 12.1. The van der Waals surface area contributed by atoms with Gasteiger partial charge in [-0.1, -0.05) is 41.9 Å². The molecule has 4 nitrogen and oxygen atoms in total.